The summed E-state index contributed by atoms with van der Waals surface area (Å²) in [6.07, 6.45) is 15.3. The van der Waals surface area contributed by atoms with Gasteiger partial charge in [0.2, 0.25) is 0 Å². The van der Waals surface area contributed by atoms with E-state index in [1.54, 1.807) is 0 Å². The predicted molar refractivity (Wildman–Crippen MR) is 86.9 cm³/mol. The van der Waals surface area contributed by atoms with Crippen molar-refractivity contribution in [3.63, 3.8) is 0 Å². The molecule has 118 valence electrons. The van der Waals surface area contributed by atoms with Gasteiger partial charge in [0.15, 0.2) is 0 Å². The van der Waals surface area contributed by atoms with Crippen LogP contribution in [0.1, 0.15) is 72.1 Å². The summed E-state index contributed by atoms with van der Waals surface area (Å²) in [5.41, 5.74) is 0.308. The Hall–Kier alpha value is -0.300. The third-order valence-corrected chi connectivity index (χ3v) is 8.77. The van der Waals surface area contributed by atoms with Crippen molar-refractivity contribution in [1.29, 1.82) is 0 Å². The molecule has 0 saturated heterocycles. The highest BCUT2D eigenvalue weighted by molar-refractivity contribution is 5.14. The molecule has 1 N–H and O–H groups in total. The first-order valence-electron chi connectivity index (χ1n) is 9.26. The summed E-state index contributed by atoms with van der Waals surface area (Å²) in [7, 11) is 0. The molecule has 21 heavy (non-hydrogen) atoms. The fourth-order valence-electron chi connectivity index (χ4n) is 7.08. The van der Waals surface area contributed by atoms with Crippen molar-refractivity contribution in [3.8, 4) is 0 Å². The maximum atomic E-state index is 10.9. The summed E-state index contributed by atoms with van der Waals surface area (Å²) in [4.78, 5) is 0. The second-order valence-electron chi connectivity index (χ2n) is 9.34. The third kappa shape index (κ3) is 1.73. The molecule has 1 nitrogen and oxygen atoms in total. The minimum atomic E-state index is -0.424. The van der Waals surface area contributed by atoms with E-state index in [-0.39, 0.29) is 5.41 Å². The molecule has 4 aliphatic rings. The van der Waals surface area contributed by atoms with Crippen molar-refractivity contribution in [3.05, 3.63) is 12.2 Å². The minimum Gasteiger partial charge on any atom is -0.390 e. The van der Waals surface area contributed by atoms with Crippen LogP contribution in [0.2, 0.25) is 0 Å². The number of rotatable bonds is 0. The molecule has 4 rings (SSSR count). The molecule has 1 heteroatoms. The average Bonchev–Trinajstić information content (AvgIpc) is 2.69. The Morgan fingerprint density at radius 1 is 0.905 bits per heavy atom. The van der Waals surface area contributed by atoms with E-state index >= 15 is 0 Å². The number of fused-ring (bicyclic) bond motifs is 5. The van der Waals surface area contributed by atoms with Gasteiger partial charge >= 0.3 is 0 Å². The third-order valence-electron chi connectivity index (χ3n) is 8.77. The first-order valence-corrected chi connectivity index (χ1v) is 9.26. The van der Waals surface area contributed by atoms with Crippen LogP contribution in [0.5, 0.6) is 0 Å². The lowest BCUT2D eigenvalue weighted by Crippen LogP contribution is -2.55. The van der Waals surface area contributed by atoms with Crippen molar-refractivity contribution in [2.45, 2.75) is 77.7 Å². The monoisotopic (exact) mass is 288 g/mol. The molecule has 0 spiro atoms. The Balaban J connectivity index is 1.68. The predicted octanol–water partition coefficient (Wildman–Crippen LogP) is 4.95. The molecule has 3 saturated carbocycles. The maximum absolute atomic E-state index is 10.9. The van der Waals surface area contributed by atoms with E-state index in [0.717, 1.165) is 30.1 Å². The minimum absolute atomic E-state index is 0.182. The zero-order valence-corrected chi connectivity index (χ0v) is 14.1. The van der Waals surface area contributed by atoms with E-state index in [1.165, 1.54) is 44.9 Å². The van der Waals surface area contributed by atoms with Gasteiger partial charge in [-0.2, -0.15) is 0 Å². The van der Waals surface area contributed by atoms with Gasteiger partial charge in [-0.05, 0) is 92.8 Å². The molecular weight excluding hydrogens is 256 g/mol. The second kappa shape index (κ2) is 4.37. The SMILES string of the molecule is C[C@]12CC=CC[C@@H]1CC[C@@H]1[C@@H]2CC[C@@]2(C)[C@H]1CC[C@@]2(C)O. The Bertz CT molecular complexity index is 464. The highest BCUT2D eigenvalue weighted by Crippen LogP contribution is 2.67. The van der Waals surface area contributed by atoms with Crippen LogP contribution in [-0.4, -0.2) is 10.7 Å². The number of aliphatic hydroxyl groups is 1. The van der Waals surface area contributed by atoms with E-state index in [1.807, 2.05) is 0 Å². The van der Waals surface area contributed by atoms with Crippen molar-refractivity contribution in [2.75, 3.05) is 0 Å². The quantitative estimate of drug-likeness (QED) is 0.626. The van der Waals surface area contributed by atoms with E-state index in [2.05, 4.69) is 32.9 Å². The smallest absolute Gasteiger partial charge is 0.0675 e. The standard InChI is InChI=1S/C20H32O/c1-18-11-5-4-6-14(18)7-8-15-16(18)9-12-19(2)17(15)10-13-20(19,3)21/h4-5,14-17,21H,6-13H2,1-3H3/t14-,15-,16+,17+,18+,19+,20-/m1/s1. The summed E-state index contributed by atoms with van der Waals surface area (Å²) in [6.45, 7) is 7.11. The molecule has 0 bridgehead atoms. The van der Waals surface area contributed by atoms with Crippen molar-refractivity contribution in [1.82, 2.24) is 0 Å². The van der Waals surface area contributed by atoms with Crippen LogP contribution in [-0.2, 0) is 0 Å². The Labute approximate surface area is 130 Å². The van der Waals surface area contributed by atoms with Crippen molar-refractivity contribution in [2.24, 2.45) is 34.5 Å². The molecular formula is C20H32O. The van der Waals surface area contributed by atoms with Gasteiger partial charge in [-0.15, -0.1) is 0 Å². The van der Waals surface area contributed by atoms with Gasteiger partial charge in [0.05, 0.1) is 5.60 Å². The lowest BCUT2D eigenvalue weighted by atomic mass is 9.45. The van der Waals surface area contributed by atoms with Gasteiger partial charge in [-0.3, -0.25) is 0 Å². The molecule has 0 heterocycles. The van der Waals surface area contributed by atoms with E-state index in [9.17, 15) is 5.11 Å². The summed E-state index contributed by atoms with van der Waals surface area (Å²) in [5, 5.41) is 10.9. The van der Waals surface area contributed by atoms with Gasteiger partial charge < -0.3 is 5.11 Å². The molecule has 7 atom stereocenters. The highest BCUT2D eigenvalue weighted by atomic mass is 16.3. The number of allylic oxidation sites excluding steroid dienone is 2. The van der Waals surface area contributed by atoms with Crippen LogP contribution in [0, 0.1) is 34.5 Å². The summed E-state index contributed by atoms with van der Waals surface area (Å²) in [5.74, 6) is 3.49. The molecule has 0 aromatic rings. The molecule has 0 aromatic heterocycles. The number of hydrogen-bond donors (Lipinski definition) is 1. The van der Waals surface area contributed by atoms with Gasteiger partial charge in [0, 0.05) is 0 Å². The van der Waals surface area contributed by atoms with Crippen LogP contribution >= 0.6 is 0 Å². The lowest BCUT2D eigenvalue weighted by Gasteiger charge is -2.60. The summed E-state index contributed by atoms with van der Waals surface area (Å²) < 4.78 is 0. The highest BCUT2D eigenvalue weighted by Gasteiger charge is 2.62. The van der Waals surface area contributed by atoms with Crippen LogP contribution in [0.4, 0.5) is 0 Å². The fraction of sp³-hybridized carbons (Fsp3) is 0.900. The molecule has 3 fully saturated rings. The Morgan fingerprint density at radius 2 is 1.67 bits per heavy atom. The largest absolute Gasteiger partial charge is 0.390 e. The van der Waals surface area contributed by atoms with E-state index < -0.39 is 5.60 Å². The lowest BCUT2D eigenvalue weighted by molar-refractivity contribution is -0.138. The maximum Gasteiger partial charge on any atom is 0.0675 e. The Kier molecular flexibility index (Phi) is 2.98. The zero-order valence-electron chi connectivity index (χ0n) is 14.1. The summed E-state index contributed by atoms with van der Waals surface area (Å²) >= 11 is 0. The average molecular weight is 288 g/mol. The van der Waals surface area contributed by atoms with E-state index in [4.69, 9.17) is 0 Å². The molecule has 4 aliphatic carbocycles. The summed E-state index contributed by atoms with van der Waals surface area (Å²) in [6, 6.07) is 0. The molecule has 0 aromatic carbocycles. The first-order chi connectivity index (χ1) is 9.88. The van der Waals surface area contributed by atoms with Crippen molar-refractivity contribution >= 4 is 0 Å². The van der Waals surface area contributed by atoms with Gasteiger partial charge in [0.25, 0.3) is 0 Å². The topological polar surface area (TPSA) is 20.2 Å². The van der Waals surface area contributed by atoms with E-state index in [0.29, 0.717) is 5.41 Å². The molecule has 0 amide bonds. The first kappa shape index (κ1) is 14.3. The van der Waals surface area contributed by atoms with Crippen LogP contribution < -0.4 is 0 Å². The molecule has 0 unspecified atom stereocenters. The number of hydrogen-bond acceptors (Lipinski definition) is 1. The molecule has 0 radical (unpaired) electrons. The van der Waals surface area contributed by atoms with Crippen LogP contribution in [0.3, 0.4) is 0 Å². The van der Waals surface area contributed by atoms with Crippen LogP contribution in [0.15, 0.2) is 12.2 Å². The van der Waals surface area contributed by atoms with Gasteiger partial charge in [-0.1, -0.05) is 26.0 Å². The Morgan fingerprint density at radius 3 is 2.48 bits per heavy atom. The molecule has 0 aliphatic heterocycles. The van der Waals surface area contributed by atoms with Crippen LogP contribution in [0.25, 0.3) is 0 Å². The zero-order chi connectivity index (χ0) is 14.9. The van der Waals surface area contributed by atoms with Gasteiger partial charge in [-0.25, -0.2) is 0 Å². The fourth-order valence-corrected chi connectivity index (χ4v) is 7.08. The second-order valence-corrected chi connectivity index (χ2v) is 9.34. The normalized spacial score (nSPS) is 59.2. The van der Waals surface area contributed by atoms with Crippen molar-refractivity contribution < 1.29 is 5.11 Å². The van der Waals surface area contributed by atoms with Gasteiger partial charge in [0.1, 0.15) is 0 Å².